The van der Waals surface area contributed by atoms with Crippen LogP contribution in [-0.4, -0.2) is 17.0 Å². The molecule has 2 aromatic rings. The van der Waals surface area contributed by atoms with Crippen molar-refractivity contribution in [1.29, 1.82) is 0 Å². The van der Waals surface area contributed by atoms with Gasteiger partial charge < -0.3 is 5.32 Å². The second-order valence-corrected chi connectivity index (χ2v) is 6.38. The van der Waals surface area contributed by atoms with E-state index in [1.54, 1.807) is 11.3 Å². The third kappa shape index (κ3) is 3.00. The zero-order valence-corrected chi connectivity index (χ0v) is 13.7. The molecular weight excluding hydrogens is 357 g/mol. The molecule has 0 aliphatic carbocycles. The van der Waals surface area contributed by atoms with Crippen molar-refractivity contribution >= 4 is 39.7 Å². The standard InChI is InChI=1S/C13H16IN3S/c1-8(2)6-10-11(14)13(15-3)17-12(16-10)9-4-5-18-7-9/h4-5,7-8H,6H2,1-3H3,(H,15,16,17). The first-order valence-electron chi connectivity index (χ1n) is 5.88. The van der Waals surface area contributed by atoms with Gasteiger partial charge in [-0.1, -0.05) is 13.8 Å². The van der Waals surface area contributed by atoms with Crippen LogP contribution in [0.1, 0.15) is 19.5 Å². The number of hydrogen-bond donors (Lipinski definition) is 1. The molecule has 2 heterocycles. The molecule has 0 aliphatic rings. The van der Waals surface area contributed by atoms with Crippen LogP contribution in [0.3, 0.4) is 0 Å². The van der Waals surface area contributed by atoms with Gasteiger partial charge in [0.15, 0.2) is 5.82 Å². The summed E-state index contributed by atoms with van der Waals surface area (Å²) in [6.45, 7) is 4.42. The van der Waals surface area contributed by atoms with E-state index in [2.05, 4.69) is 63.6 Å². The SMILES string of the molecule is CNc1nc(-c2ccsc2)nc(CC(C)C)c1I. The van der Waals surface area contributed by atoms with Gasteiger partial charge in [-0.05, 0) is 46.4 Å². The number of anilines is 1. The molecule has 0 aromatic carbocycles. The Bertz CT molecular complexity index is 523. The highest BCUT2D eigenvalue weighted by Crippen LogP contribution is 2.26. The maximum Gasteiger partial charge on any atom is 0.162 e. The van der Waals surface area contributed by atoms with Crippen molar-refractivity contribution in [3.63, 3.8) is 0 Å². The maximum atomic E-state index is 4.71. The highest BCUT2D eigenvalue weighted by Gasteiger charge is 2.13. The number of thiophene rings is 1. The monoisotopic (exact) mass is 373 g/mol. The zero-order chi connectivity index (χ0) is 13.1. The van der Waals surface area contributed by atoms with Crippen LogP contribution in [-0.2, 0) is 6.42 Å². The quantitative estimate of drug-likeness (QED) is 0.822. The van der Waals surface area contributed by atoms with E-state index in [4.69, 9.17) is 4.98 Å². The fraction of sp³-hybridized carbons (Fsp3) is 0.385. The largest absolute Gasteiger partial charge is 0.372 e. The second-order valence-electron chi connectivity index (χ2n) is 4.52. The molecule has 5 heteroatoms. The lowest BCUT2D eigenvalue weighted by Gasteiger charge is -2.12. The molecule has 0 radical (unpaired) electrons. The molecule has 0 aliphatic heterocycles. The van der Waals surface area contributed by atoms with E-state index in [9.17, 15) is 0 Å². The van der Waals surface area contributed by atoms with Crippen molar-refractivity contribution < 1.29 is 0 Å². The second kappa shape index (κ2) is 5.97. The van der Waals surface area contributed by atoms with Crippen LogP contribution in [0.5, 0.6) is 0 Å². The van der Waals surface area contributed by atoms with Crippen molar-refractivity contribution in [2.45, 2.75) is 20.3 Å². The summed E-state index contributed by atoms with van der Waals surface area (Å²) in [6, 6.07) is 2.06. The van der Waals surface area contributed by atoms with Gasteiger partial charge in [-0.3, -0.25) is 0 Å². The lowest BCUT2D eigenvalue weighted by Crippen LogP contribution is -2.07. The molecule has 0 saturated carbocycles. The van der Waals surface area contributed by atoms with Gasteiger partial charge in [-0.25, -0.2) is 9.97 Å². The summed E-state index contributed by atoms with van der Waals surface area (Å²) < 4.78 is 1.13. The Labute approximate surface area is 125 Å². The van der Waals surface area contributed by atoms with Gasteiger partial charge in [0.25, 0.3) is 0 Å². The molecule has 0 amide bonds. The van der Waals surface area contributed by atoms with Gasteiger partial charge in [-0.2, -0.15) is 11.3 Å². The van der Waals surface area contributed by atoms with E-state index in [0.29, 0.717) is 5.92 Å². The molecule has 0 saturated heterocycles. The zero-order valence-electron chi connectivity index (χ0n) is 10.7. The van der Waals surface area contributed by atoms with Crippen LogP contribution in [0.15, 0.2) is 16.8 Å². The molecule has 0 spiro atoms. The van der Waals surface area contributed by atoms with Crippen LogP contribution < -0.4 is 5.32 Å². The fourth-order valence-corrected chi connectivity index (χ4v) is 3.07. The summed E-state index contributed by atoms with van der Waals surface area (Å²) in [4.78, 5) is 9.29. The van der Waals surface area contributed by atoms with E-state index < -0.39 is 0 Å². The molecule has 0 bridgehead atoms. The summed E-state index contributed by atoms with van der Waals surface area (Å²) in [5.74, 6) is 2.33. The Hall–Kier alpha value is -0.690. The predicted octanol–water partition coefficient (Wildman–Crippen LogP) is 4.05. The maximum absolute atomic E-state index is 4.71. The Morgan fingerprint density at radius 3 is 2.72 bits per heavy atom. The van der Waals surface area contributed by atoms with Crippen molar-refractivity contribution in [1.82, 2.24) is 9.97 Å². The first kappa shape index (κ1) is 13.7. The molecule has 18 heavy (non-hydrogen) atoms. The normalized spacial score (nSPS) is 10.9. The minimum absolute atomic E-state index is 0.591. The molecule has 96 valence electrons. The van der Waals surface area contributed by atoms with Gasteiger partial charge in [0.1, 0.15) is 5.82 Å². The van der Waals surface area contributed by atoms with Gasteiger partial charge in [0.05, 0.1) is 9.26 Å². The number of aromatic nitrogens is 2. The van der Waals surface area contributed by atoms with E-state index in [1.807, 2.05) is 7.05 Å². The lowest BCUT2D eigenvalue weighted by atomic mass is 10.1. The molecule has 0 unspecified atom stereocenters. The summed E-state index contributed by atoms with van der Waals surface area (Å²) in [6.07, 6.45) is 0.979. The van der Waals surface area contributed by atoms with Gasteiger partial charge in [0, 0.05) is 18.0 Å². The summed E-state index contributed by atoms with van der Waals surface area (Å²) in [7, 11) is 1.90. The van der Waals surface area contributed by atoms with Crippen molar-refractivity contribution in [3.05, 3.63) is 26.1 Å². The van der Waals surface area contributed by atoms with Crippen molar-refractivity contribution in [3.8, 4) is 11.4 Å². The third-order valence-electron chi connectivity index (χ3n) is 2.54. The van der Waals surface area contributed by atoms with Crippen LogP contribution in [0, 0.1) is 9.49 Å². The highest BCUT2D eigenvalue weighted by atomic mass is 127. The number of nitrogens with one attached hydrogen (secondary N) is 1. The van der Waals surface area contributed by atoms with Crippen LogP contribution >= 0.6 is 33.9 Å². The van der Waals surface area contributed by atoms with E-state index in [-0.39, 0.29) is 0 Å². The summed E-state index contributed by atoms with van der Waals surface area (Å²) >= 11 is 3.99. The van der Waals surface area contributed by atoms with Crippen LogP contribution in [0.2, 0.25) is 0 Å². The van der Waals surface area contributed by atoms with Gasteiger partial charge >= 0.3 is 0 Å². The minimum atomic E-state index is 0.591. The Kier molecular flexibility index (Phi) is 4.55. The predicted molar refractivity (Wildman–Crippen MR) is 86.2 cm³/mol. The van der Waals surface area contributed by atoms with Gasteiger partial charge in [-0.15, -0.1) is 0 Å². The van der Waals surface area contributed by atoms with Crippen molar-refractivity contribution in [2.24, 2.45) is 5.92 Å². The summed E-state index contributed by atoms with van der Waals surface area (Å²) in [5, 5.41) is 7.29. The first-order valence-corrected chi connectivity index (χ1v) is 7.90. The topological polar surface area (TPSA) is 37.8 Å². The Morgan fingerprint density at radius 1 is 1.39 bits per heavy atom. The smallest absolute Gasteiger partial charge is 0.162 e. The molecule has 1 N–H and O–H groups in total. The van der Waals surface area contributed by atoms with Crippen LogP contribution in [0.25, 0.3) is 11.4 Å². The molecule has 2 rings (SSSR count). The lowest BCUT2D eigenvalue weighted by molar-refractivity contribution is 0.632. The average molecular weight is 373 g/mol. The number of nitrogens with zero attached hydrogens (tertiary/aromatic N) is 2. The van der Waals surface area contributed by atoms with Crippen molar-refractivity contribution in [2.75, 3.05) is 12.4 Å². The van der Waals surface area contributed by atoms with Crippen LogP contribution in [0.4, 0.5) is 5.82 Å². The van der Waals surface area contributed by atoms with E-state index in [0.717, 1.165) is 32.9 Å². The number of hydrogen-bond acceptors (Lipinski definition) is 4. The highest BCUT2D eigenvalue weighted by molar-refractivity contribution is 14.1. The molecule has 0 atom stereocenters. The Balaban J connectivity index is 2.49. The van der Waals surface area contributed by atoms with E-state index >= 15 is 0 Å². The summed E-state index contributed by atoms with van der Waals surface area (Å²) in [5.41, 5.74) is 2.23. The number of halogens is 1. The van der Waals surface area contributed by atoms with E-state index in [1.165, 1.54) is 0 Å². The minimum Gasteiger partial charge on any atom is -0.372 e. The number of rotatable bonds is 4. The fourth-order valence-electron chi connectivity index (χ4n) is 1.70. The third-order valence-corrected chi connectivity index (χ3v) is 4.35. The Morgan fingerprint density at radius 2 is 2.17 bits per heavy atom. The molecule has 0 fully saturated rings. The average Bonchev–Trinajstić information content (AvgIpc) is 2.84. The molecular formula is C13H16IN3S. The molecule has 2 aromatic heterocycles. The first-order chi connectivity index (χ1) is 8.61. The van der Waals surface area contributed by atoms with Gasteiger partial charge in [0.2, 0.25) is 0 Å². The molecule has 3 nitrogen and oxygen atoms in total.